The highest BCUT2D eigenvalue weighted by atomic mass is 16.1. The molecular formula is C16H14N4O. The Morgan fingerprint density at radius 3 is 3.05 bits per heavy atom. The summed E-state index contributed by atoms with van der Waals surface area (Å²) < 4.78 is 2.03. The number of fused-ring (bicyclic) bond motifs is 2. The van der Waals surface area contributed by atoms with E-state index in [-0.39, 0.29) is 5.91 Å². The Kier molecular flexibility index (Phi) is 2.33. The first kappa shape index (κ1) is 12.0. The lowest BCUT2D eigenvalue weighted by atomic mass is 9.99. The van der Waals surface area contributed by atoms with Gasteiger partial charge in [-0.05, 0) is 36.2 Å². The fourth-order valence-corrected chi connectivity index (χ4v) is 2.90. The molecule has 1 aromatic carbocycles. The number of aryl methyl sites for hydroxylation is 1. The molecule has 0 aliphatic carbocycles. The molecule has 0 saturated heterocycles. The molecule has 3 N–H and O–H groups in total. The van der Waals surface area contributed by atoms with Gasteiger partial charge in [-0.2, -0.15) is 0 Å². The standard InChI is InChI=1S/C16H14N4O/c1-9-4-5-20-13(8-18-14(20)6-9)10-2-3-12(17)15-11(10)7-19-16(15)21/h2-6,8H,7,17H2,1H3,(H,19,21). The number of pyridine rings is 1. The van der Waals surface area contributed by atoms with Crippen LogP contribution in [-0.2, 0) is 6.54 Å². The number of hydrogen-bond donors (Lipinski definition) is 2. The van der Waals surface area contributed by atoms with E-state index >= 15 is 0 Å². The smallest absolute Gasteiger partial charge is 0.254 e. The van der Waals surface area contributed by atoms with E-state index in [4.69, 9.17) is 5.73 Å². The second kappa shape index (κ2) is 4.09. The molecule has 0 fully saturated rings. The monoisotopic (exact) mass is 278 g/mol. The molecular weight excluding hydrogens is 264 g/mol. The van der Waals surface area contributed by atoms with Crippen molar-refractivity contribution in [3.63, 3.8) is 0 Å². The lowest BCUT2D eigenvalue weighted by Crippen LogP contribution is -2.13. The Morgan fingerprint density at radius 1 is 1.33 bits per heavy atom. The van der Waals surface area contributed by atoms with Crippen molar-refractivity contribution in [2.75, 3.05) is 5.73 Å². The molecule has 21 heavy (non-hydrogen) atoms. The maximum atomic E-state index is 11.9. The number of nitrogen functional groups attached to an aromatic ring is 1. The number of rotatable bonds is 1. The van der Waals surface area contributed by atoms with Crippen molar-refractivity contribution in [3.05, 3.63) is 53.3 Å². The van der Waals surface area contributed by atoms with E-state index in [1.165, 1.54) is 5.56 Å². The maximum Gasteiger partial charge on any atom is 0.254 e. The Labute approximate surface area is 121 Å². The summed E-state index contributed by atoms with van der Waals surface area (Å²) in [5.74, 6) is -0.103. The zero-order valence-corrected chi connectivity index (χ0v) is 11.6. The minimum absolute atomic E-state index is 0.103. The summed E-state index contributed by atoms with van der Waals surface area (Å²) in [6.45, 7) is 2.55. The predicted molar refractivity (Wildman–Crippen MR) is 80.9 cm³/mol. The van der Waals surface area contributed by atoms with Crippen LogP contribution in [0, 0.1) is 6.92 Å². The second-order valence-electron chi connectivity index (χ2n) is 5.31. The zero-order chi connectivity index (χ0) is 14.6. The second-order valence-corrected chi connectivity index (χ2v) is 5.31. The van der Waals surface area contributed by atoms with Gasteiger partial charge in [0, 0.05) is 24.0 Å². The van der Waals surface area contributed by atoms with Crippen LogP contribution in [0.4, 0.5) is 5.69 Å². The molecule has 5 heteroatoms. The molecule has 0 bridgehead atoms. The van der Waals surface area contributed by atoms with Gasteiger partial charge in [-0.3, -0.25) is 9.20 Å². The van der Waals surface area contributed by atoms with Crippen LogP contribution < -0.4 is 11.1 Å². The molecule has 1 aliphatic rings. The van der Waals surface area contributed by atoms with Gasteiger partial charge in [0.1, 0.15) is 5.65 Å². The average Bonchev–Trinajstić information content (AvgIpc) is 3.04. The number of carbonyl (C=O) groups excluding carboxylic acids is 1. The highest BCUT2D eigenvalue weighted by molar-refractivity contribution is 6.05. The third kappa shape index (κ3) is 1.64. The van der Waals surface area contributed by atoms with Crippen molar-refractivity contribution in [3.8, 4) is 11.3 Å². The number of nitrogens with one attached hydrogen (secondary N) is 1. The summed E-state index contributed by atoms with van der Waals surface area (Å²) in [4.78, 5) is 16.4. The van der Waals surface area contributed by atoms with Crippen LogP contribution in [0.2, 0.25) is 0 Å². The molecule has 2 aromatic heterocycles. The number of amides is 1. The number of nitrogens with zero attached hydrogens (tertiary/aromatic N) is 2. The molecule has 0 unspecified atom stereocenters. The molecule has 1 amide bonds. The highest BCUT2D eigenvalue weighted by Gasteiger charge is 2.25. The number of imidazole rings is 1. The van der Waals surface area contributed by atoms with E-state index in [0.29, 0.717) is 17.8 Å². The van der Waals surface area contributed by atoms with Gasteiger partial charge in [0.25, 0.3) is 5.91 Å². The first-order valence-corrected chi connectivity index (χ1v) is 6.79. The minimum atomic E-state index is -0.103. The summed E-state index contributed by atoms with van der Waals surface area (Å²) in [5, 5.41) is 2.84. The lowest BCUT2D eigenvalue weighted by Gasteiger charge is -2.09. The molecule has 3 aromatic rings. The van der Waals surface area contributed by atoms with Gasteiger partial charge >= 0.3 is 0 Å². The van der Waals surface area contributed by atoms with Crippen LogP contribution in [0.3, 0.4) is 0 Å². The van der Waals surface area contributed by atoms with Crippen LogP contribution in [0.25, 0.3) is 16.9 Å². The summed E-state index contributed by atoms with van der Waals surface area (Å²) in [7, 11) is 0. The number of nitrogens with two attached hydrogens (primary N) is 1. The van der Waals surface area contributed by atoms with Gasteiger partial charge in [0.15, 0.2) is 0 Å². The van der Waals surface area contributed by atoms with Crippen molar-refractivity contribution < 1.29 is 4.79 Å². The molecule has 4 rings (SSSR count). The van der Waals surface area contributed by atoms with Crippen LogP contribution in [0.1, 0.15) is 21.5 Å². The van der Waals surface area contributed by atoms with Crippen molar-refractivity contribution in [2.45, 2.75) is 13.5 Å². The van der Waals surface area contributed by atoms with Crippen molar-refractivity contribution in [1.29, 1.82) is 0 Å². The first-order valence-electron chi connectivity index (χ1n) is 6.79. The number of aromatic nitrogens is 2. The normalized spacial score (nSPS) is 13.5. The Hall–Kier alpha value is -2.82. The first-order chi connectivity index (χ1) is 10.1. The molecule has 1 aliphatic heterocycles. The fraction of sp³-hybridized carbons (Fsp3) is 0.125. The van der Waals surface area contributed by atoms with E-state index in [1.54, 1.807) is 6.07 Å². The molecule has 0 radical (unpaired) electrons. The Bertz CT molecular complexity index is 895. The molecule has 3 heterocycles. The minimum Gasteiger partial charge on any atom is -0.398 e. The van der Waals surface area contributed by atoms with Gasteiger partial charge in [0.2, 0.25) is 0 Å². The van der Waals surface area contributed by atoms with Gasteiger partial charge < -0.3 is 11.1 Å². The number of anilines is 1. The predicted octanol–water partition coefficient (Wildman–Crippen LogP) is 2.14. The molecule has 5 nitrogen and oxygen atoms in total. The van der Waals surface area contributed by atoms with Gasteiger partial charge in [-0.25, -0.2) is 4.98 Å². The number of benzene rings is 1. The Balaban J connectivity index is 2.00. The van der Waals surface area contributed by atoms with Crippen LogP contribution in [0.5, 0.6) is 0 Å². The maximum absolute atomic E-state index is 11.9. The highest BCUT2D eigenvalue weighted by Crippen LogP contribution is 2.33. The van der Waals surface area contributed by atoms with Crippen LogP contribution in [-0.4, -0.2) is 15.3 Å². The lowest BCUT2D eigenvalue weighted by molar-refractivity contribution is 0.0966. The van der Waals surface area contributed by atoms with Crippen LogP contribution >= 0.6 is 0 Å². The SMILES string of the molecule is Cc1ccn2c(-c3ccc(N)c4c3CNC4=O)cnc2c1. The van der Waals surface area contributed by atoms with E-state index in [0.717, 1.165) is 22.5 Å². The third-order valence-corrected chi connectivity index (χ3v) is 3.94. The fourth-order valence-electron chi connectivity index (χ4n) is 2.90. The van der Waals surface area contributed by atoms with Crippen molar-refractivity contribution in [1.82, 2.24) is 14.7 Å². The Morgan fingerprint density at radius 2 is 2.19 bits per heavy atom. The molecule has 104 valence electrons. The summed E-state index contributed by atoms with van der Waals surface area (Å²) >= 11 is 0. The molecule has 0 spiro atoms. The van der Waals surface area contributed by atoms with Crippen molar-refractivity contribution in [2.24, 2.45) is 0 Å². The van der Waals surface area contributed by atoms with E-state index in [2.05, 4.69) is 10.3 Å². The van der Waals surface area contributed by atoms with Gasteiger partial charge in [-0.15, -0.1) is 0 Å². The van der Waals surface area contributed by atoms with Gasteiger partial charge in [0.05, 0.1) is 17.5 Å². The topological polar surface area (TPSA) is 72.4 Å². The van der Waals surface area contributed by atoms with E-state index < -0.39 is 0 Å². The third-order valence-electron chi connectivity index (χ3n) is 3.94. The molecule has 0 saturated carbocycles. The van der Waals surface area contributed by atoms with E-state index in [1.807, 2.05) is 41.9 Å². The zero-order valence-electron chi connectivity index (χ0n) is 11.6. The average molecular weight is 278 g/mol. The largest absolute Gasteiger partial charge is 0.398 e. The summed E-state index contributed by atoms with van der Waals surface area (Å²) in [6, 6.07) is 7.81. The quantitative estimate of drug-likeness (QED) is 0.670. The number of carbonyl (C=O) groups is 1. The summed E-state index contributed by atoms with van der Waals surface area (Å²) in [5.41, 5.74) is 12.0. The summed E-state index contributed by atoms with van der Waals surface area (Å²) in [6.07, 6.45) is 3.84. The number of hydrogen-bond acceptors (Lipinski definition) is 3. The molecule has 0 atom stereocenters. The van der Waals surface area contributed by atoms with Crippen molar-refractivity contribution >= 4 is 17.2 Å². The van der Waals surface area contributed by atoms with Crippen LogP contribution in [0.15, 0.2) is 36.7 Å². The van der Waals surface area contributed by atoms with Gasteiger partial charge in [-0.1, -0.05) is 6.07 Å². The van der Waals surface area contributed by atoms with E-state index in [9.17, 15) is 4.79 Å².